The van der Waals surface area contributed by atoms with Gasteiger partial charge >= 0.3 is 0 Å². The van der Waals surface area contributed by atoms with Crippen molar-refractivity contribution in [1.29, 1.82) is 0 Å². The van der Waals surface area contributed by atoms with Crippen molar-refractivity contribution in [3.8, 4) is 16.2 Å². The molecule has 1 heterocycles. The summed E-state index contributed by atoms with van der Waals surface area (Å²) in [4.78, 5) is 14.3. The second kappa shape index (κ2) is 7.24. The largest absolute Gasteiger partial charge is 0.493 e. The summed E-state index contributed by atoms with van der Waals surface area (Å²) < 4.78 is 32.6. The Hall–Kier alpha value is -2.53. The SMILES string of the molecule is COc1c(C)c(C(=O)c2ccc(-c3cc(C)c(C)c(C)c3)s2)cc(F)c1F. The Bertz CT molecular complexity index is 1030. The van der Waals surface area contributed by atoms with Crippen LogP contribution in [0.4, 0.5) is 8.78 Å². The fourth-order valence-electron chi connectivity index (χ4n) is 3.10. The molecule has 3 aromatic rings. The smallest absolute Gasteiger partial charge is 0.203 e. The molecule has 0 atom stereocenters. The van der Waals surface area contributed by atoms with E-state index < -0.39 is 11.6 Å². The summed E-state index contributed by atoms with van der Waals surface area (Å²) in [6.45, 7) is 7.75. The number of thiophene rings is 1. The van der Waals surface area contributed by atoms with Crippen LogP contribution >= 0.6 is 11.3 Å². The number of carbonyl (C=O) groups excluding carboxylic acids is 1. The van der Waals surface area contributed by atoms with Gasteiger partial charge in [0.25, 0.3) is 0 Å². The molecule has 0 spiro atoms. The van der Waals surface area contributed by atoms with Crippen LogP contribution in [-0.2, 0) is 0 Å². The van der Waals surface area contributed by atoms with Crippen LogP contribution in [0.1, 0.15) is 37.5 Å². The lowest BCUT2D eigenvalue weighted by Crippen LogP contribution is -2.06. The number of benzene rings is 2. The van der Waals surface area contributed by atoms with E-state index in [1.807, 2.05) is 6.07 Å². The van der Waals surface area contributed by atoms with Crippen LogP contribution in [0.5, 0.6) is 5.75 Å². The van der Waals surface area contributed by atoms with Gasteiger partial charge in [-0.15, -0.1) is 11.3 Å². The summed E-state index contributed by atoms with van der Waals surface area (Å²) in [7, 11) is 1.25. The van der Waals surface area contributed by atoms with Crippen LogP contribution in [0, 0.1) is 39.3 Å². The molecule has 3 rings (SSSR count). The van der Waals surface area contributed by atoms with Crippen LogP contribution in [0.3, 0.4) is 0 Å². The molecule has 0 radical (unpaired) electrons. The van der Waals surface area contributed by atoms with Crippen LogP contribution in [0.25, 0.3) is 10.4 Å². The van der Waals surface area contributed by atoms with Crippen molar-refractivity contribution in [3.05, 3.63) is 74.7 Å². The molecule has 5 heteroatoms. The van der Waals surface area contributed by atoms with E-state index in [4.69, 9.17) is 4.74 Å². The number of hydrogen-bond acceptors (Lipinski definition) is 3. The second-order valence-electron chi connectivity index (χ2n) is 6.61. The van der Waals surface area contributed by atoms with Crippen molar-refractivity contribution in [2.24, 2.45) is 0 Å². The average Bonchev–Trinajstić information content (AvgIpc) is 3.12. The highest BCUT2D eigenvalue weighted by Crippen LogP contribution is 2.34. The molecule has 27 heavy (non-hydrogen) atoms. The molecule has 0 fully saturated rings. The van der Waals surface area contributed by atoms with Crippen molar-refractivity contribution in [1.82, 2.24) is 0 Å². The van der Waals surface area contributed by atoms with Gasteiger partial charge in [0, 0.05) is 16.0 Å². The first-order valence-electron chi connectivity index (χ1n) is 8.50. The van der Waals surface area contributed by atoms with Gasteiger partial charge in [0.15, 0.2) is 11.6 Å². The topological polar surface area (TPSA) is 26.3 Å². The lowest BCUT2D eigenvalue weighted by atomic mass is 10.00. The Kier molecular flexibility index (Phi) is 5.16. The summed E-state index contributed by atoms with van der Waals surface area (Å²) >= 11 is 1.34. The number of hydrogen-bond donors (Lipinski definition) is 0. The molecule has 1 aromatic heterocycles. The monoisotopic (exact) mass is 386 g/mol. The minimum atomic E-state index is -1.10. The Morgan fingerprint density at radius 1 is 0.963 bits per heavy atom. The van der Waals surface area contributed by atoms with Gasteiger partial charge in [0.1, 0.15) is 0 Å². The fraction of sp³-hybridized carbons (Fsp3) is 0.227. The van der Waals surface area contributed by atoms with E-state index in [9.17, 15) is 13.6 Å². The number of rotatable bonds is 4. The molecule has 0 saturated carbocycles. The van der Waals surface area contributed by atoms with Gasteiger partial charge in [-0.3, -0.25) is 4.79 Å². The van der Waals surface area contributed by atoms with E-state index in [1.54, 1.807) is 13.0 Å². The molecule has 0 aliphatic carbocycles. The first-order chi connectivity index (χ1) is 12.7. The number of methoxy groups -OCH3 is 1. The average molecular weight is 386 g/mol. The zero-order valence-corrected chi connectivity index (χ0v) is 16.7. The highest BCUT2D eigenvalue weighted by Gasteiger charge is 2.22. The predicted octanol–water partition coefficient (Wildman–Crippen LogP) is 6.17. The lowest BCUT2D eigenvalue weighted by Gasteiger charge is -2.11. The van der Waals surface area contributed by atoms with E-state index >= 15 is 0 Å². The molecule has 0 amide bonds. The van der Waals surface area contributed by atoms with E-state index in [1.165, 1.54) is 35.1 Å². The molecule has 2 aromatic carbocycles. The maximum atomic E-state index is 13.9. The minimum absolute atomic E-state index is 0.107. The second-order valence-corrected chi connectivity index (χ2v) is 7.69. The van der Waals surface area contributed by atoms with E-state index in [0.29, 0.717) is 10.4 Å². The van der Waals surface area contributed by atoms with Crippen LogP contribution in [0.15, 0.2) is 30.3 Å². The Morgan fingerprint density at radius 3 is 2.19 bits per heavy atom. The van der Waals surface area contributed by atoms with Gasteiger partial charge in [0.2, 0.25) is 11.6 Å². The third kappa shape index (κ3) is 3.39. The molecular formula is C22H20F2O2S. The standard InChI is InChI=1S/C22H20F2O2S/c1-11-8-15(9-12(2)13(11)3)18-6-7-19(27-18)21(25)16-10-17(23)20(24)22(26-5)14(16)4/h6-10H,1-5H3. The fourth-order valence-corrected chi connectivity index (χ4v) is 4.05. The van der Waals surface area contributed by atoms with Gasteiger partial charge in [-0.1, -0.05) is 12.1 Å². The number of carbonyl (C=O) groups is 1. The maximum absolute atomic E-state index is 13.9. The minimum Gasteiger partial charge on any atom is -0.493 e. The summed E-state index contributed by atoms with van der Waals surface area (Å²) in [6.07, 6.45) is 0. The van der Waals surface area contributed by atoms with Gasteiger partial charge in [-0.2, -0.15) is 4.39 Å². The van der Waals surface area contributed by atoms with Crippen molar-refractivity contribution in [2.75, 3.05) is 7.11 Å². The Balaban J connectivity index is 2.03. The Morgan fingerprint density at radius 2 is 1.59 bits per heavy atom. The van der Waals surface area contributed by atoms with Gasteiger partial charge in [-0.25, -0.2) is 4.39 Å². The first kappa shape index (κ1) is 19.2. The third-order valence-corrected chi connectivity index (χ3v) is 6.05. The third-order valence-electron chi connectivity index (χ3n) is 4.91. The molecule has 140 valence electrons. The number of aryl methyl sites for hydroxylation is 2. The van der Waals surface area contributed by atoms with E-state index in [2.05, 4.69) is 32.9 Å². The highest BCUT2D eigenvalue weighted by atomic mass is 32.1. The normalized spacial score (nSPS) is 10.9. The van der Waals surface area contributed by atoms with Gasteiger partial charge in [0.05, 0.1) is 12.0 Å². The predicted molar refractivity (Wildman–Crippen MR) is 105 cm³/mol. The zero-order chi connectivity index (χ0) is 19.9. The summed E-state index contributed by atoms with van der Waals surface area (Å²) in [6, 6.07) is 8.73. The molecule has 0 aliphatic heterocycles. The molecule has 0 saturated heterocycles. The Labute approximate surface area is 161 Å². The van der Waals surface area contributed by atoms with Crippen LogP contribution in [0.2, 0.25) is 0 Å². The van der Waals surface area contributed by atoms with Crippen molar-refractivity contribution in [3.63, 3.8) is 0 Å². The molecule has 0 aliphatic rings. The number of halogens is 2. The van der Waals surface area contributed by atoms with Crippen LogP contribution in [-0.4, -0.2) is 12.9 Å². The van der Waals surface area contributed by atoms with Crippen molar-refractivity contribution >= 4 is 17.1 Å². The molecule has 0 N–H and O–H groups in total. The van der Waals surface area contributed by atoms with E-state index in [0.717, 1.165) is 16.5 Å². The number of ether oxygens (including phenoxy) is 1. The molecule has 2 nitrogen and oxygen atoms in total. The maximum Gasteiger partial charge on any atom is 0.203 e. The highest BCUT2D eigenvalue weighted by molar-refractivity contribution is 7.17. The lowest BCUT2D eigenvalue weighted by molar-refractivity contribution is 0.104. The zero-order valence-electron chi connectivity index (χ0n) is 15.9. The quantitative estimate of drug-likeness (QED) is 0.502. The van der Waals surface area contributed by atoms with Crippen molar-refractivity contribution in [2.45, 2.75) is 27.7 Å². The first-order valence-corrected chi connectivity index (χ1v) is 9.31. The summed E-state index contributed by atoms with van der Waals surface area (Å²) in [5, 5.41) is 0. The summed E-state index contributed by atoms with van der Waals surface area (Å²) in [5.74, 6) is -2.76. The van der Waals surface area contributed by atoms with Crippen LogP contribution < -0.4 is 4.74 Å². The van der Waals surface area contributed by atoms with Gasteiger partial charge in [-0.05, 0) is 68.1 Å². The molecule has 0 bridgehead atoms. The van der Waals surface area contributed by atoms with Crippen molar-refractivity contribution < 1.29 is 18.3 Å². The summed E-state index contributed by atoms with van der Waals surface area (Å²) in [5.41, 5.74) is 5.06. The number of ketones is 1. The van der Waals surface area contributed by atoms with E-state index in [-0.39, 0.29) is 17.1 Å². The molecular weight excluding hydrogens is 366 g/mol. The van der Waals surface area contributed by atoms with Gasteiger partial charge < -0.3 is 4.74 Å². The molecule has 0 unspecified atom stereocenters.